The third-order valence-electron chi connectivity index (χ3n) is 3.35. The van der Waals surface area contributed by atoms with Crippen molar-refractivity contribution in [3.8, 4) is 0 Å². The molecule has 1 aromatic carbocycles. The Hall–Kier alpha value is -1.75. The van der Waals surface area contributed by atoms with Crippen LogP contribution in [0.1, 0.15) is 19.3 Å². The number of ether oxygens (including phenoxy) is 1. The maximum atomic E-state index is 11.8. The van der Waals surface area contributed by atoms with Crippen LogP contribution in [0.2, 0.25) is 0 Å². The highest BCUT2D eigenvalue weighted by atomic mass is 16.5. The summed E-state index contributed by atoms with van der Waals surface area (Å²) in [5.41, 5.74) is 7.69. The van der Waals surface area contributed by atoms with Crippen molar-refractivity contribution in [2.45, 2.75) is 31.9 Å². The Balaban J connectivity index is 1.97. The van der Waals surface area contributed by atoms with Gasteiger partial charge in [0.25, 0.3) is 0 Å². The van der Waals surface area contributed by atoms with Crippen molar-refractivity contribution in [3.63, 3.8) is 0 Å². The number of nitrogens with two attached hydrogens (primary N) is 1. The van der Waals surface area contributed by atoms with Crippen LogP contribution in [0, 0.1) is 0 Å². The number of benzene rings is 1. The second kappa shape index (κ2) is 4.49. The molecule has 0 amide bonds. The van der Waals surface area contributed by atoms with Gasteiger partial charge < -0.3 is 14.9 Å². The summed E-state index contributed by atoms with van der Waals surface area (Å²) in [6.07, 6.45) is 3.34. The van der Waals surface area contributed by atoms with Gasteiger partial charge >= 0.3 is 5.76 Å². The molecule has 5 heteroatoms. The lowest BCUT2D eigenvalue weighted by atomic mass is 10.1. The van der Waals surface area contributed by atoms with Gasteiger partial charge in [-0.3, -0.25) is 4.57 Å². The number of nitrogens with zero attached hydrogens (tertiary/aromatic N) is 1. The predicted octanol–water partition coefficient (Wildman–Crippen LogP) is 1.75. The van der Waals surface area contributed by atoms with Crippen molar-refractivity contribution in [2.75, 3.05) is 12.3 Å². The SMILES string of the molecule is Nc1ccc2oc(=O)n(CC3CCCCO3)c2c1. The third kappa shape index (κ3) is 2.01. The van der Waals surface area contributed by atoms with E-state index in [2.05, 4.69) is 0 Å². The number of fused-ring (bicyclic) bond motifs is 1. The summed E-state index contributed by atoms with van der Waals surface area (Å²) in [4.78, 5) is 11.8. The lowest BCUT2D eigenvalue weighted by Crippen LogP contribution is -2.28. The first-order chi connectivity index (χ1) is 8.74. The Kier molecular flexibility index (Phi) is 2.83. The van der Waals surface area contributed by atoms with Crippen LogP contribution in [0.5, 0.6) is 0 Å². The number of hydrogen-bond donors (Lipinski definition) is 1. The van der Waals surface area contributed by atoms with Gasteiger partial charge in [-0.15, -0.1) is 0 Å². The van der Waals surface area contributed by atoms with Crippen LogP contribution < -0.4 is 11.5 Å². The Morgan fingerprint density at radius 2 is 2.28 bits per heavy atom. The fourth-order valence-electron chi connectivity index (χ4n) is 2.41. The van der Waals surface area contributed by atoms with E-state index in [0.29, 0.717) is 17.8 Å². The number of aromatic nitrogens is 1. The predicted molar refractivity (Wildman–Crippen MR) is 68.5 cm³/mol. The molecule has 5 nitrogen and oxygen atoms in total. The molecule has 2 heterocycles. The molecule has 0 bridgehead atoms. The molecule has 1 unspecified atom stereocenters. The van der Waals surface area contributed by atoms with E-state index in [0.717, 1.165) is 31.4 Å². The van der Waals surface area contributed by atoms with E-state index in [1.165, 1.54) is 0 Å². The topological polar surface area (TPSA) is 70.4 Å². The molecule has 1 aliphatic rings. The maximum absolute atomic E-state index is 11.8. The first-order valence-electron chi connectivity index (χ1n) is 6.24. The lowest BCUT2D eigenvalue weighted by molar-refractivity contribution is 0.00559. The first kappa shape index (κ1) is 11.3. The fourth-order valence-corrected chi connectivity index (χ4v) is 2.41. The minimum absolute atomic E-state index is 0.0960. The molecule has 18 heavy (non-hydrogen) atoms. The molecule has 96 valence electrons. The van der Waals surface area contributed by atoms with Crippen molar-refractivity contribution in [3.05, 3.63) is 28.7 Å². The standard InChI is InChI=1S/C13H16N2O3/c14-9-4-5-12-11(7-9)15(13(16)18-12)8-10-3-1-2-6-17-10/h4-5,7,10H,1-3,6,8,14H2. The molecule has 0 radical (unpaired) electrons. The van der Waals surface area contributed by atoms with E-state index in [9.17, 15) is 4.79 Å². The molecule has 3 rings (SSSR count). The van der Waals surface area contributed by atoms with Crippen LogP contribution in [-0.4, -0.2) is 17.3 Å². The van der Waals surface area contributed by atoms with Gasteiger partial charge in [0.1, 0.15) is 0 Å². The zero-order chi connectivity index (χ0) is 12.5. The highest BCUT2D eigenvalue weighted by Crippen LogP contribution is 2.19. The number of anilines is 1. The van der Waals surface area contributed by atoms with Crippen molar-refractivity contribution in [1.82, 2.24) is 4.57 Å². The van der Waals surface area contributed by atoms with Crippen molar-refractivity contribution < 1.29 is 9.15 Å². The Labute approximate surface area is 104 Å². The summed E-state index contributed by atoms with van der Waals surface area (Å²) in [7, 11) is 0. The molecule has 1 fully saturated rings. The van der Waals surface area contributed by atoms with Crippen molar-refractivity contribution in [1.29, 1.82) is 0 Å². The van der Waals surface area contributed by atoms with E-state index >= 15 is 0 Å². The van der Waals surface area contributed by atoms with Crippen LogP contribution >= 0.6 is 0 Å². The average Bonchev–Trinajstić information content (AvgIpc) is 2.67. The summed E-state index contributed by atoms with van der Waals surface area (Å²) in [6, 6.07) is 5.22. The molecule has 0 spiro atoms. The van der Waals surface area contributed by atoms with Crippen LogP contribution in [0.4, 0.5) is 5.69 Å². The molecular weight excluding hydrogens is 232 g/mol. The zero-order valence-electron chi connectivity index (χ0n) is 10.1. The number of nitrogen functional groups attached to an aromatic ring is 1. The van der Waals surface area contributed by atoms with Crippen molar-refractivity contribution in [2.24, 2.45) is 0 Å². The maximum Gasteiger partial charge on any atom is 0.420 e. The van der Waals surface area contributed by atoms with Gasteiger partial charge in [0, 0.05) is 12.3 Å². The largest absolute Gasteiger partial charge is 0.420 e. The summed E-state index contributed by atoms with van der Waals surface area (Å²) in [5.74, 6) is -0.343. The van der Waals surface area contributed by atoms with Crippen LogP contribution in [0.25, 0.3) is 11.1 Å². The zero-order valence-corrected chi connectivity index (χ0v) is 10.1. The number of rotatable bonds is 2. The summed E-state index contributed by atoms with van der Waals surface area (Å²) in [5, 5.41) is 0. The van der Waals surface area contributed by atoms with Gasteiger partial charge in [-0.25, -0.2) is 4.79 Å². The third-order valence-corrected chi connectivity index (χ3v) is 3.35. The number of oxazole rings is 1. The summed E-state index contributed by atoms with van der Waals surface area (Å²) in [6.45, 7) is 1.31. The Bertz CT molecular complexity index is 608. The molecule has 1 atom stereocenters. The van der Waals surface area contributed by atoms with Crippen LogP contribution in [0.3, 0.4) is 0 Å². The van der Waals surface area contributed by atoms with E-state index in [1.54, 1.807) is 22.8 Å². The minimum Gasteiger partial charge on any atom is -0.408 e. The van der Waals surface area contributed by atoms with Gasteiger partial charge in [-0.05, 0) is 37.5 Å². The Morgan fingerprint density at radius 3 is 3.06 bits per heavy atom. The van der Waals surface area contributed by atoms with Gasteiger partial charge in [0.05, 0.1) is 18.2 Å². The average molecular weight is 248 g/mol. The molecule has 0 saturated carbocycles. The molecule has 1 aromatic heterocycles. The second-order valence-corrected chi connectivity index (χ2v) is 4.69. The normalized spacial score (nSPS) is 20.3. The molecule has 2 aromatic rings. The van der Waals surface area contributed by atoms with Crippen LogP contribution in [0.15, 0.2) is 27.4 Å². The Morgan fingerprint density at radius 1 is 1.39 bits per heavy atom. The van der Waals surface area contributed by atoms with Crippen molar-refractivity contribution >= 4 is 16.8 Å². The fraction of sp³-hybridized carbons (Fsp3) is 0.462. The molecular formula is C13H16N2O3. The smallest absolute Gasteiger partial charge is 0.408 e. The van der Waals surface area contributed by atoms with Gasteiger partial charge in [0.15, 0.2) is 5.58 Å². The van der Waals surface area contributed by atoms with Gasteiger partial charge in [0.2, 0.25) is 0 Å². The summed E-state index contributed by atoms with van der Waals surface area (Å²) >= 11 is 0. The van der Waals surface area contributed by atoms with E-state index in [-0.39, 0.29) is 11.9 Å². The quantitative estimate of drug-likeness (QED) is 0.822. The highest BCUT2D eigenvalue weighted by molar-refractivity contribution is 5.76. The summed E-state index contributed by atoms with van der Waals surface area (Å²) < 4.78 is 12.5. The minimum atomic E-state index is -0.343. The molecule has 0 aliphatic carbocycles. The molecule has 1 saturated heterocycles. The van der Waals surface area contributed by atoms with Gasteiger partial charge in [-0.2, -0.15) is 0 Å². The van der Waals surface area contributed by atoms with E-state index in [1.807, 2.05) is 0 Å². The van der Waals surface area contributed by atoms with Crippen LogP contribution in [-0.2, 0) is 11.3 Å². The second-order valence-electron chi connectivity index (χ2n) is 4.69. The lowest BCUT2D eigenvalue weighted by Gasteiger charge is -2.22. The highest BCUT2D eigenvalue weighted by Gasteiger charge is 2.18. The molecule has 1 aliphatic heterocycles. The van der Waals surface area contributed by atoms with E-state index in [4.69, 9.17) is 14.9 Å². The van der Waals surface area contributed by atoms with E-state index < -0.39 is 0 Å². The molecule has 2 N–H and O–H groups in total. The van der Waals surface area contributed by atoms with Gasteiger partial charge in [-0.1, -0.05) is 0 Å². The first-order valence-corrected chi connectivity index (χ1v) is 6.24. The number of hydrogen-bond acceptors (Lipinski definition) is 4. The monoisotopic (exact) mass is 248 g/mol.